The highest BCUT2D eigenvalue weighted by atomic mass is 35.5. The average Bonchev–Trinajstić information content (AvgIpc) is 2.33. The number of carbonyl (C=O) groups is 2. The molecule has 0 saturated heterocycles. The quantitative estimate of drug-likeness (QED) is 0.694. The lowest BCUT2D eigenvalue weighted by Gasteiger charge is -2.05. The van der Waals surface area contributed by atoms with Crippen molar-refractivity contribution in [1.29, 1.82) is 0 Å². The zero-order chi connectivity index (χ0) is 13.5. The van der Waals surface area contributed by atoms with Gasteiger partial charge in [0.2, 0.25) is 5.91 Å². The van der Waals surface area contributed by atoms with E-state index in [1.165, 1.54) is 12.2 Å². The van der Waals surface area contributed by atoms with Crippen molar-refractivity contribution in [2.75, 3.05) is 6.54 Å². The Labute approximate surface area is 109 Å². The largest absolute Gasteiger partial charge is 0.479 e. The Morgan fingerprint density at radius 2 is 2.17 bits per heavy atom. The van der Waals surface area contributed by atoms with Gasteiger partial charge in [0.1, 0.15) is 0 Å². The third kappa shape index (κ3) is 4.99. The molecule has 0 bridgehead atoms. The van der Waals surface area contributed by atoms with Crippen molar-refractivity contribution in [1.82, 2.24) is 5.32 Å². The van der Waals surface area contributed by atoms with Crippen LogP contribution in [0.25, 0.3) is 6.08 Å². The molecule has 1 atom stereocenters. The maximum atomic E-state index is 11.3. The van der Waals surface area contributed by atoms with Crippen LogP contribution in [0.5, 0.6) is 0 Å². The molecule has 0 radical (unpaired) electrons. The topological polar surface area (TPSA) is 86.6 Å². The van der Waals surface area contributed by atoms with Gasteiger partial charge in [-0.2, -0.15) is 0 Å². The summed E-state index contributed by atoms with van der Waals surface area (Å²) in [6, 6.07) is 6.90. The number of carboxylic acid groups (broad SMARTS) is 1. The summed E-state index contributed by atoms with van der Waals surface area (Å²) < 4.78 is 0. The van der Waals surface area contributed by atoms with Crippen LogP contribution >= 0.6 is 11.6 Å². The average molecular weight is 270 g/mol. The zero-order valence-corrected chi connectivity index (χ0v) is 10.1. The zero-order valence-electron chi connectivity index (χ0n) is 9.34. The van der Waals surface area contributed by atoms with Crippen molar-refractivity contribution >= 4 is 29.6 Å². The van der Waals surface area contributed by atoms with Crippen LogP contribution in [0, 0.1) is 0 Å². The predicted molar refractivity (Wildman–Crippen MR) is 67.1 cm³/mol. The molecule has 6 heteroatoms. The van der Waals surface area contributed by atoms with Crippen molar-refractivity contribution < 1.29 is 19.8 Å². The summed E-state index contributed by atoms with van der Waals surface area (Å²) >= 11 is 5.76. The Hall–Kier alpha value is -1.85. The van der Waals surface area contributed by atoms with Gasteiger partial charge in [0.15, 0.2) is 6.10 Å². The minimum atomic E-state index is -1.60. The molecular weight excluding hydrogens is 258 g/mol. The van der Waals surface area contributed by atoms with E-state index in [9.17, 15) is 9.59 Å². The van der Waals surface area contributed by atoms with Gasteiger partial charge >= 0.3 is 5.97 Å². The molecule has 1 amide bonds. The summed E-state index contributed by atoms with van der Waals surface area (Å²) in [7, 11) is 0. The standard InChI is InChI=1S/C12H12ClNO4/c13-9-3-1-2-8(6-9)4-5-11(16)14-7-10(15)12(17)18/h1-6,10,15H,7H2,(H,14,16)(H,17,18)/b5-4+/t10-/m0/s1. The first-order chi connectivity index (χ1) is 8.49. The fourth-order valence-electron chi connectivity index (χ4n) is 1.13. The lowest BCUT2D eigenvalue weighted by Crippen LogP contribution is -2.35. The van der Waals surface area contributed by atoms with Crippen LogP contribution in [0.4, 0.5) is 0 Å². The third-order valence-corrected chi connectivity index (χ3v) is 2.27. The van der Waals surface area contributed by atoms with E-state index in [-0.39, 0.29) is 6.54 Å². The van der Waals surface area contributed by atoms with Gasteiger partial charge in [-0.05, 0) is 23.8 Å². The maximum absolute atomic E-state index is 11.3. The molecule has 18 heavy (non-hydrogen) atoms. The highest BCUT2D eigenvalue weighted by molar-refractivity contribution is 6.30. The number of carbonyl (C=O) groups excluding carboxylic acids is 1. The van der Waals surface area contributed by atoms with E-state index in [1.54, 1.807) is 24.3 Å². The second kappa shape index (κ2) is 6.78. The summed E-state index contributed by atoms with van der Waals surface area (Å²) in [6.07, 6.45) is 1.17. The summed E-state index contributed by atoms with van der Waals surface area (Å²) in [4.78, 5) is 21.6. The Morgan fingerprint density at radius 3 is 2.78 bits per heavy atom. The van der Waals surface area contributed by atoms with E-state index in [4.69, 9.17) is 21.8 Å². The molecule has 0 heterocycles. The van der Waals surface area contributed by atoms with Gasteiger partial charge < -0.3 is 15.5 Å². The highest BCUT2D eigenvalue weighted by Gasteiger charge is 2.12. The van der Waals surface area contributed by atoms with E-state index in [1.807, 2.05) is 0 Å². The van der Waals surface area contributed by atoms with Crippen LogP contribution in [0.3, 0.4) is 0 Å². The molecule has 96 valence electrons. The molecule has 1 aromatic rings. The lowest BCUT2D eigenvalue weighted by atomic mass is 10.2. The van der Waals surface area contributed by atoms with Crippen molar-refractivity contribution in [3.05, 3.63) is 40.9 Å². The van der Waals surface area contributed by atoms with Crippen LogP contribution < -0.4 is 5.32 Å². The molecule has 1 rings (SSSR count). The van der Waals surface area contributed by atoms with Crippen molar-refractivity contribution in [2.24, 2.45) is 0 Å². The summed E-state index contributed by atoms with van der Waals surface area (Å²) in [5, 5.41) is 20.2. The molecule has 3 N–H and O–H groups in total. The fraction of sp³-hybridized carbons (Fsp3) is 0.167. The molecule has 0 fully saturated rings. The first-order valence-corrected chi connectivity index (χ1v) is 5.49. The number of nitrogens with one attached hydrogen (secondary N) is 1. The number of benzene rings is 1. The first kappa shape index (κ1) is 14.2. The van der Waals surface area contributed by atoms with Crippen molar-refractivity contribution in [3.8, 4) is 0 Å². The minimum absolute atomic E-state index is 0.339. The van der Waals surface area contributed by atoms with Crippen LogP contribution in [0.1, 0.15) is 5.56 Å². The predicted octanol–water partition coefficient (Wildman–Crippen LogP) is 0.915. The minimum Gasteiger partial charge on any atom is -0.479 e. The van der Waals surface area contributed by atoms with E-state index < -0.39 is 18.0 Å². The van der Waals surface area contributed by atoms with Crippen LogP contribution in [-0.4, -0.2) is 34.7 Å². The molecule has 0 aliphatic rings. The monoisotopic (exact) mass is 269 g/mol. The summed E-state index contributed by atoms with van der Waals surface area (Å²) in [5.74, 6) is -1.87. The lowest BCUT2D eigenvalue weighted by molar-refractivity contribution is -0.146. The van der Waals surface area contributed by atoms with Gasteiger partial charge in [-0.15, -0.1) is 0 Å². The Morgan fingerprint density at radius 1 is 1.44 bits per heavy atom. The Bertz CT molecular complexity index is 473. The van der Waals surface area contributed by atoms with Gasteiger partial charge in [-0.3, -0.25) is 4.79 Å². The van der Waals surface area contributed by atoms with Crippen molar-refractivity contribution in [3.63, 3.8) is 0 Å². The molecule has 0 aromatic heterocycles. The van der Waals surface area contributed by atoms with Gasteiger partial charge in [-0.25, -0.2) is 4.79 Å². The van der Waals surface area contributed by atoms with E-state index in [0.29, 0.717) is 5.02 Å². The first-order valence-electron chi connectivity index (χ1n) is 5.11. The van der Waals surface area contributed by atoms with Crippen LogP contribution in [-0.2, 0) is 9.59 Å². The second-order valence-electron chi connectivity index (χ2n) is 3.49. The molecule has 0 spiro atoms. The maximum Gasteiger partial charge on any atom is 0.334 e. The van der Waals surface area contributed by atoms with Gasteiger partial charge in [-0.1, -0.05) is 23.7 Å². The smallest absolute Gasteiger partial charge is 0.334 e. The number of carboxylic acids is 1. The number of halogens is 1. The number of aliphatic hydroxyl groups is 1. The van der Waals surface area contributed by atoms with Crippen molar-refractivity contribution in [2.45, 2.75) is 6.10 Å². The fourth-order valence-corrected chi connectivity index (χ4v) is 1.32. The molecule has 0 aliphatic heterocycles. The second-order valence-corrected chi connectivity index (χ2v) is 3.92. The molecule has 0 aliphatic carbocycles. The van der Waals surface area contributed by atoms with Crippen LogP contribution in [0.15, 0.2) is 30.3 Å². The summed E-state index contributed by atoms with van der Waals surface area (Å²) in [5.41, 5.74) is 0.747. The molecule has 1 aromatic carbocycles. The molecular formula is C12H12ClNO4. The van der Waals surface area contributed by atoms with Gasteiger partial charge in [0, 0.05) is 11.1 Å². The number of hydrogen-bond acceptors (Lipinski definition) is 3. The Kier molecular flexibility index (Phi) is 5.35. The number of aliphatic hydroxyl groups excluding tert-OH is 1. The van der Waals surface area contributed by atoms with Gasteiger partial charge in [0.05, 0.1) is 6.54 Å². The number of rotatable bonds is 5. The number of aliphatic carboxylic acids is 1. The normalized spacial score (nSPS) is 12.3. The van der Waals surface area contributed by atoms with Crippen LogP contribution in [0.2, 0.25) is 5.02 Å². The van der Waals surface area contributed by atoms with E-state index in [0.717, 1.165) is 5.56 Å². The molecule has 0 saturated carbocycles. The van der Waals surface area contributed by atoms with E-state index >= 15 is 0 Å². The number of amides is 1. The summed E-state index contributed by atoms with van der Waals surface area (Å²) in [6.45, 7) is -0.339. The third-order valence-electron chi connectivity index (χ3n) is 2.03. The Balaban J connectivity index is 2.47. The molecule has 5 nitrogen and oxygen atoms in total. The SMILES string of the molecule is O=C(/C=C/c1cccc(Cl)c1)NC[C@H](O)C(=O)O. The van der Waals surface area contributed by atoms with Gasteiger partial charge in [0.25, 0.3) is 0 Å². The highest BCUT2D eigenvalue weighted by Crippen LogP contribution is 2.11. The van der Waals surface area contributed by atoms with E-state index in [2.05, 4.69) is 5.32 Å². The number of hydrogen-bond donors (Lipinski definition) is 3. The molecule has 0 unspecified atom stereocenters.